The summed E-state index contributed by atoms with van der Waals surface area (Å²) in [7, 11) is 2.53. The maximum Gasteiger partial charge on any atom is 0.407 e. The number of aromatic amines is 2. The van der Waals surface area contributed by atoms with Gasteiger partial charge in [0.2, 0.25) is 0 Å². The van der Waals surface area contributed by atoms with Crippen molar-refractivity contribution in [2.75, 3.05) is 55.5 Å². The molecule has 4 atom stereocenters. The van der Waals surface area contributed by atoms with Crippen LogP contribution in [0.3, 0.4) is 0 Å². The maximum atomic E-state index is 14.2. The van der Waals surface area contributed by atoms with Crippen LogP contribution in [0.25, 0.3) is 22.1 Å². The molecule has 17 nitrogen and oxygen atoms in total. The number of rotatable bonds is 11. The first-order valence-corrected chi connectivity index (χ1v) is 23.3. The molecule has 5 heterocycles. The van der Waals surface area contributed by atoms with Crippen molar-refractivity contribution in [3.8, 4) is 0 Å². The average molecular weight is 917 g/mol. The number of methoxy groups -OCH3 is 2. The number of imidazole rings is 2. The fraction of sp³-hybridized carbons (Fsp3) is 0.326. The van der Waals surface area contributed by atoms with Crippen molar-refractivity contribution in [2.24, 2.45) is 0 Å². The number of hydrogen-bond donors (Lipinski definition) is 4. The first kappa shape index (κ1) is 43.5. The quantitative estimate of drug-likeness (QED) is 0.110. The van der Waals surface area contributed by atoms with Crippen LogP contribution < -0.4 is 15.5 Å². The van der Waals surface area contributed by atoms with Crippen LogP contribution in [0.1, 0.15) is 54.3 Å². The molecule has 2 aromatic heterocycles. The Balaban J connectivity index is 0.897. The lowest BCUT2D eigenvalue weighted by Gasteiger charge is -2.35. The van der Waals surface area contributed by atoms with Crippen molar-refractivity contribution in [1.82, 2.24) is 45.3 Å². The van der Waals surface area contributed by atoms with E-state index in [0.29, 0.717) is 71.2 Å². The Labute approximate surface area is 383 Å². The van der Waals surface area contributed by atoms with Gasteiger partial charge in [0.25, 0.3) is 11.8 Å². The van der Waals surface area contributed by atoms with Crippen molar-refractivity contribution in [3.63, 3.8) is 0 Å². The molecule has 0 aliphatic carbocycles. The lowest BCUT2D eigenvalue weighted by molar-refractivity contribution is -0.138. The van der Waals surface area contributed by atoms with E-state index in [9.17, 15) is 24.0 Å². The van der Waals surface area contributed by atoms with Crippen LogP contribution in [0.2, 0.25) is 0 Å². The summed E-state index contributed by atoms with van der Waals surface area (Å²) in [5.41, 5.74) is 4.24. The minimum absolute atomic E-state index is 0.131. The van der Waals surface area contributed by atoms with Crippen molar-refractivity contribution < 1.29 is 33.4 Å². The average Bonchev–Trinajstić information content (AvgIpc) is 4.18. The zero-order valence-electron chi connectivity index (χ0n) is 36.2. The van der Waals surface area contributed by atoms with E-state index >= 15 is 0 Å². The number of fused-ring (bicyclic) bond motifs is 2. The van der Waals surface area contributed by atoms with Crippen molar-refractivity contribution in [3.05, 3.63) is 125 Å². The first-order valence-electron chi connectivity index (χ1n) is 21.0. The van der Waals surface area contributed by atoms with Crippen LogP contribution in [0.5, 0.6) is 0 Å². The van der Waals surface area contributed by atoms with E-state index in [1.165, 1.54) is 14.2 Å². The van der Waals surface area contributed by atoms with Gasteiger partial charge in [0, 0.05) is 36.8 Å². The Hall–Kier alpha value is -6.73. The summed E-state index contributed by atoms with van der Waals surface area (Å²) in [5, 5.41) is 5.43. The molecule has 3 aliphatic rings. The molecule has 4 N–H and O–H groups in total. The van der Waals surface area contributed by atoms with Gasteiger partial charge in [-0.25, -0.2) is 24.4 Å². The van der Waals surface area contributed by atoms with Gasteiger partial charge >= 0.3 is 18.2 Å². The highest BCUT2D eigenvalue weighted by Crippen LogP contribution is 2.42. The van der Waals surface area contributed by atoms with Gasteiger partial charge in [-0.1, -0.05) is 66.7 Å². The number of nitrogens with zero attached hydrogens (tertiary/aromatic N) is 6. The van der Waals surface area contributed by atoms with E-state index in [2.05, 4.69) is 20.6 Å². The summed E-state index contributed by atoms with van der Waals surface area (Å²) in [6.07, 6.45) is -1.41. The minimum Gasteiger partial charge on any atom is -0.453 e. The fourth-order valence-corrected chi connectivity index (χ4v) is 11.4. The van der Waals surface area contributed by atoms with Crippen LogP contribution in [-0.4, -0.2) is 115 Å². The van der Waals surface area contributed by atoms with Gasteiger partial charge in [-0.15, -0.1) is 23.5 Å². The van der Waals surface area contributed by atoms with Gasteiger partial charge < -0.3 is 44.8 Å². The molecular weight excluding hydrogens is 869 g/mol. The van der Waals surface area contributed by atoms with E-state index < -0.39 is 35.3 Å². The fourth-order valence-electron chi connectivity index (χ4n) is 8.67. The topological polar surface area (TPSA) is 198 Å². The Bertz CT molecular complexity index is 2790. The molecule has 0 unspecified atom stereocenters. The third-order valence-corrected chi connectivity index (χ3v) is 14.8. The molecule has 65 heavy (non-hydrogen) atoms. The summed E-state index contributed by atoms with van der Waals surface area (Å²) in [6, 6.07) is 27.7. The number of amides is 6. The number of anilines is 1. The monoisotopic (exact) mass is 916 g/mol. The molecule has 4 aromatic carbocycles. The second-order valence-corrected chi connectivity index (χ2v) is 18.5. The minimum atomic E-state index is -0.957. The first-order chi connectivity index (χ1) is 31.4. The molecule has 19 heteroatoms. The van der Waals surface area contributed by atoms with Crippen molar-refractivity contribution >= 4 is 81.3 Å². The summed E-state index contributed by atoms with van der Waals surface area (Å²) in [4.78, 5) is 91.0. The molecule has 0 bridgehead atoms. The van der Waals surface area contributed by atoms with Crippen LogP contribution in [0.15, 0.2) is 97.1 Å². The molecular formula is C46H48N10O7S2. The van der Waals surface area contributed by atoms with Crippen LogP contribution in [0, 0.1) is 0 Å². The molecule has 336 valence electrons. The van der Waals surface area contributed by atoms with E-state index in [1.54, 1.807) is 67.4 Å². The molecule has 0 spiro atoms. The predicted octanol–water partition coefficient (Wildman–Crippen LogP) is 6.57. The largest absolute Gasteiger partial charge is 0.453 e. The predicted molar refractivity (Wildman–Crippen MR) is 248 cm³/mol. The molecule has 3 saturated heterocycles. The Kier molecular flexibility index (Phi) is 11.8. The number of carbonyl (C=O) groups is 5. The Morgan fingerprint density at radius 1 is 0.692 bits per heavy atom. The number of aromatic nitrogens is 4. The second-order valence-electron chi connectivity index (χ2n) is 16.6. The van der Waals surface area contributed by atoms with Gasteiger partial charge in [0.15, 0.2) is 0 Å². The Morgan fingerprint density at radius 3 is 1.69 bits per heavy atom. The molecule has 6 aromatic rings. The number of carbonyl (C=O) groups excluding carboxylic acids is 5. The van der Waals surface area contributed by atoms with Crippen molar-refractivity contribution in [2.45, 2.75) is 43.6 Å². The highest BCUT2D eigenvalue weighted by atomic mass is 32.2. The van der Waals surface area contributed by atoms with Gasteiger partial charge in [-0.2, -0.15) is 0 Å². The van der Waals surface area contributed by atoms with Crippen molar-refractivity contribution in [1.29, 1.82) is 0 Å². The van der Waals surface area contributed by atoms with Crippen LogP contribution >= 0.6 is 23.5 Å². The van der Waals surface area contributed by atoms with Crippen LogP contribution in [0.4, 0.5) is 20.1 Å². The second kappa shape index (κ2) is 17.7. The summed E-state index contributed by atoms with van der Waals surface area (Å²) < 4.78 is 9.72. The smallest absolute Gasteiger partial charge is 0.407 e. The maximum absolute atomic E-state index is 14.2. The summed E-state index contributed by atoms with van der Waals surface area (Å²) >= 11 is 3.21. The van der Waals surface area contributed by atoms with E-state index in [4.69, 9.17) is 19.4 Å². The van der Waals surface area contributed by atoms with Gasteiger partial charge in [0.1, 0.15) is 34.8 Å². The summed E-state index contributed by atoms with van der Waals surface area (Å²) in [5.74, 6) is 2.67. The third kappa shape index (κ3) is 8.18. The highest BCUT2D eigenvalue weighted by molar-refractivity contribution is 7.99. The van der Waals surface area contributed by atoms with E-state index in [-0.39, 0.29) is 17.8 Å². The number of ether oxygens (including phenoxy) is 2. The summed E-state index contributed by atoms with van der Waals surface area (Å²) in [6.45, 7) is 5.31. The lowest BCUT2D eigenvalue weighted by atomic mass is 9.99. The number of thioether (sulfide) groups is 2. The number of urea groups is 1. The van der Waals surface area contributed by atoms with Gasteiger partial charge in [-0.05, 0) is 60.9 Å². The standard InChI is InChI=1S/C46H48N10O7S2/c1-45(24-64-26-55(45)38(57)36(51-42(59)62-3)29-11-7-5-8-12-29)40-47-32-17-15-28(21-34(32)49-40)23-53-19-20-54(44(53)61)31-16-18-33-35(22-31)50-41(48-33)46(2)25-65-27-56(46)39(58)37(52-43(60)63-4)30-13-9-6-10-14-30/h5-18,21-22,36-37H,19-20,23-27H2,1-4H3,(H,47,49)(H,48,50)(H,51,59)(H,52,60)/t36-,37-,45-,46-/m1/s1. The molecule has 3 aliphatic heterocycles. The molecule has 3 fully saturated rings. The molecule has 9 rings (SSSR count). The number of nitrogens with one attached hydrogen (secondary N) is 4. The number of alkyl carbamates (subject to hydrolysis) is 2. The van der Waals surface area contributed by atoms with Crippen LogP contribution in [-0.2, 0) is 36.7 Å². The zero-order valence-corrected chi connectivity index (χ0v) is 37.8. The van der Waals surface area contributed by atoms with Gasteiger partial charge in [0.05, 0.1) is 48.0 Å². The van der Waals surface area contributed by atoms with E-state index in [0.717, 1.165) is 27.8 Å². The lowest BCUT2D eigenvalue weighted by Crippen LogP contribution is -2.50. The third-order valence-electron chi connectivity index (χ3n) is 12.4. The zero-order chi connectivity index (χ0) is 45.5. The molecule has 0 saturated carbocycles. The Morgan fingerprint density at radius 2 is 1.18 bits per heavy atom. The SMILES string of the molecule is COC(=O)N[C@@H](C(=O)N1CSC[C@]1(C)c1nc2ccc(CN3CCN(c4ccc5nc([C@@]6(C)CSCN6C(=O)[C@H](NC(=O)OC)c6ccccc6)[nH]c5c4)C3=O)cc2[nH]1)c1ccccc1. The normalized spacial score (nSPS) is 20.6. The molecule has 0 radical (unpaired) electrons. The molecule has 6 amide bonds. The van der Waals surface area contributed by atoms with E-state index in [1.807, 2.05) is 86.6 Å². The number of hydrogen-bond acceptors (Lipinski definition) is 11. The number of benzene rings is 4. The van der Waals surface area contributed by atoms with Gasteiger partial charge in [-0.3, -0.25) is 14.5 Å². The highest BCUT2D eigenvalue weighted by Gasteiger charge is 2.48. The number of H-pyrrole nitrogens is 2.